The van der Waals surface area contributed by atoms with E-state index in [1.54, 1.807) is 12.1 Å². The molecule has 2 heterocycles. The van der Waals surface area contributed by atoms with E-state index in [2.05, 4.69) is 20.9 Å². The first-order chi connectivity index (χ1) is 16.4. The van der Waals surface area contributed by atoms with Crippen LogP contribution in [-0.2, 0) is 11.3 Å². The zero-order valence-electron chi connectivity index (χ0n) is 18.6. The molecule has 178 valence electrons. The fourth-order valence-corrected chi connectivity index (χ4v) is 3.55. The third kappa shape index (κ3) is 4.56. The van der Waals surface area contributed by atoms with Crippen LogP contribution in [0, 0.1) is 5.82 Å². The number of ether oxygens (including phenoxy) is 4. The molecule has 1 aliphatic heterocycles. The number of halogens is 1. The van der Waals surface area contributed by atoms with Crippen molar-refractivity contribution in [3.8, 4) is 28.5 Å². The maximum absolute atomic E-state index is 13.2. The highest BCUT2D eigenvalue weighted by Crippen LogP contribution is 2.41. The number of rotatable bonds is 8. The minimum absolute atomic E-state index is 0.00356. The number of cyclic esters (lactones) is 1. The Morgan fingerprint density at radius 1 is 1.18 bits per heavy atom. The summed E-state index contributed by atoms with van der Waals surface area (Å²) in [5, 5.41) is 13.6. The molecule has 12 heteroatoms. The molecule has 11 nitrogen and oxygen atoms in total. The maximum atomic E-state index is 13.2. The van der Waals surface area contributed by atoms with Gasteiger partial charge in [0.15, 0.2) is 17.2 Å². The van der Waals surface area contributed by atoms with Gasteiger partial charge in [0.1, 0.15) is 18.1 Å². The molecule has 1 aliphatic rings. The number of carbonyl (C=O) groups excluding carboxylic acids is 2. The van der Waals surface area contributed by atoms with Crippen LogP contribution in [0.15, 0.2) is 36.4 Å². The van der Waals surface area contributed by atoms with Crippen LogP contribution in [0.4, 0.5) is 14.9 Å². The molecule has 1 saturated heterocycles. The van der Waals surface area contributed by atoms with Gasteiger partial charge in [-0.15, -0.1) is 5.10 Å². The number of nitrogens with zero attached hydrogens (tertiary/aromatic N) is 3. The van der Waals surface area contributed by atoms with E-state index in [-0.39, 0.29) is 24.9 Å². The summed E-state index contributed by atoms with van der Waals surface area (Å²) < 4.78 is 36.0. The lowest BCUT2D eigenvalue weighted by Crippen LogP contribution is -2.31. The SMILES string of the molecule is COc1cc(-c2c(C(=O)Nc3ccc(F)cc3)nnn2CC2COC(=O)N2)cc(OC)c1OC. The number of carbonyl (C=O) groups is 2. The molecule has 2 aromatic carbocycles. The van der Waals surface area contributed by atoms with Crippen molar-refractivity contribution < 1.29 is 32.9 Å². The van der Waals surface area contributed by atoms with Crippen LogP contribution in [-0.4, -0.2) is 61.0 Å². The second kappa shape index (κ2) is 9.65. The van der Waals surface area contributed by atoms with Crippen molar-refractivity contribution in [1.82, 2.24) is 20.3 Å². The lowest BCUT2D eigenvalue weighted by Gasteiger charge is -2.16. The molecule has 0 saturated carbocycles. The maximum Gasteiger partial charge on any atom is 0.407 e. The van der Waals surface area contributed by atoms with Gasteiger partial charge in [-0.1, -0.05) is 5.21 Å². The molecule has 1 fully saturated rings. The molecule has 0 radical (unpaired) electrons. The Hall–Kier alpha value is -4.35. The average Bonchev–Trinajstić information content (AvgIpc) is 3.45. The number of hydrogen-bond acceptors (Lipinski definition) is 8. The van der Waals surface area contributed by atoms with Crippen LogP contribution in [0.1, 0.15) is 10.5 Å². The summed E-state index contributed by atoms with van der Waals surface area (Å²) >= 11 is 0. The van der Waals surface area contributed by atoms with Gasteiger partial charge in [-0.05, 0) is 36.4 Å². The first-order valence-electron chi connectivity index (χ1n) is 10.2. The third-order valence-corrected chi connectivity index (χ3v) is 5.12. The van der Waals surface area contributed by atoms with Gasteiger partial charge in [0, 0.05) is 11.3 Å². The van der Waals surface area contributed by atoms with Crippen molar-refractivity contribution >= 4 is 17.7 Å². The molecule has 3 aromatic rings. The largest absolute Gasteiger partial charge is 0.493 e. The summed E-state index contributed by atoms with van der Waals surface area (Å²) in [6.45, 7) is 0.332. The summed E-state index contributed by atoms with van der Waals surface area (Å²) in [5.41, 5.74) is 1.24. The van der Waals surface area contributed by atoms with E-state index in [1.165, 1.54) is 50.3 Å². The predicted octanol–water partition coefficient (Wildman–Crippen LogP) is 2.47. The van der Waals surface area contributed by atoms with Gasteiger partial charge >= 0.3 is 6.09 Å². The van der Waals surface area contributed by atoms with Crippen molar-refractivity contribution in [2.45, 2.75) is 12.6 Å². The van der Waals surface area contributed by atoms with Crippen LogP contribution in [0.3, 0.4) is 0 Å². The van der Waals surface area contributed by atoms with Crippen LogP contribution in [0.5, 0.6) is 17.2 Å². The smallest absolute Gasteiger partial charge is 0.407 e. The van der Waals surface area contributed by atoms with Crippen LogP contribution in [0.25, 0.3) is 11.3 Å². The van der Waals surface area contributed by atoms with Gasteiger partial charge in [0.2, 0.25) is 5.75 Å². The fraction of sp³-hybridized carbons (Fsp3) is 0.273. The molecule has 1 aromatic heterocycles. The van der Waals surface area contributed by atoms with E-state index in [9.17, 15) is 14.0 Å². The summed E-state index contributed by atoms with van der Waals surface area (Å²) in [6.07, 6.45) is -0.534. The van der Waals surface area contributed by atoms with Gasteiger partial charge in [-0.3, -0.25) is 4.79 Å². The standard InChI is InChI=1S/C22H22FN5O6/c1-31-16-8-12(9-17(32-2)20(16)33-3)19-18(21(29)24-14-6-4-13(23)5-7-14)26-27-28(19)10-15-11-34-22(30)25-15/h4-9,15H,10-11H2,1-3H3,(H,24,29)(H,25,30). The normalized spacial score (nSPS) is 14.8. The highest BCUT2D eigenvalue weighted by Gasteiger charge is 2.28. The van der Waals surface area contributed by atoms with Gasteiger partial charge in [-0.2, -0.15) is 0 Å². The minimum Gasteiger partial charge on any atom is -0.493 e. The van der Waals surface area contributed by atoms with Crippen molar-refractivity contribution in [3.05, 3.63) is 47.9 Å². The Labute approximate surface area is 193 Å². The number of alkyl carbamates (subject to hydrolysis) is 1. The number of anilines is 1. The fourth-order valence-electron chi connectivity index (χ4n) is 3.55. The lowest BCUT2D eigenvalue weighted by atomic mass is 10.1. The summed E-state index contributed by atoms with van der Waals surface area (Å²) in [7, 11) is 4.44. The third-order valence-electron chi connectivity index (χ3n) is 5.12. The molecule has 1 unspecified atom stereocenters. The van der Waals surface area contributed by atoms with Crippen molar-refractivity contribution in [2.75, 3.05) is 33.3 Å². The molecular weight excluding hydrogens is 449 g/mol. The molecule has 1 atom stereocenters. The Morgan fingerprint density at radius 3 is 2.41 bits per heavy atom. The molecule has 2 N–H and O–H groups in total. The number of aromatic nitrogens is 3. The van der Waals surface area contributed by atoms with Gasteiger partial charge in [0.05, 0.1) is 33.9 Å². The molecular formula is C22H22FN5O6. The van der Waals surface area contributed by atoms with E-state index in [1.807, 2.05) is 0 Å². The van der Waals surface area contributed by atoms with Crippen molar-refractivity contribution in [2.24, 2.45) is 0 Å². The first kappa shape index (κ1) is 22.8. The summed E-state index contributed by atoms with van der Waals surface area (Å²) in [5.74, 6) is 0.122. The molecule has 0 spiro atoms. The number of methoxy groups -OCH3 is 3. The lowest BCUT2D eigenvalue weighted by molar-refractivity contribution is 0.102. The predicted molar refractivity (Wildman–Crippen MR) is 118 cm³/mol. The number of hydrogen-bond donors (Lipinski definition) is 2. The number of benzene rings is 2. The zero-order valence-corrected chi connectivity index (χ0v) is 18.6. The molecule has 34 heavy (non-hydrogen) atoms. The quantitative estimate of drug-likeness (QED) is 0.513. The molecule has 0 bridgehead atoms. The minimum atomic E-state index is -0.562. The van der Waals surface area contributed by atoms with Gasteiger partial charge in [0.25, 0.3) is 5.91 Å². The van der Waals surface area contributed by atoms with E-state index < -0.39 is 17.8 Å². The second-order valence-electron chi connectivity index (χ2n) is 7.28. The Morgan fingerprint density at radius 2 is 1.85 bits per heavy atom. The van der Waals surface area contributed by atoms with E-state index >= 15 is 0 Å². The van der Waals surface area contributed by atoms with Crippen LogP contribution in [0.2, 0.25) is 0 Å². The first-order valence-corrected chi connectivity index (χ1v) is 10.2. The second-order valence-corrected chi connectivity index (χ2v) is 7.28. The number of amides is 2. The zero-order chi connectivity index (χ0) is 24.2. The molecule has 2 amide bonds. The highest BCUT2D eigenvalue weighted by atomic mass is 19.1. The van der Waals surface area contributed by atoms with E-state index in [4.69, 9.17) is 18.9 Å². The average molecular weight is 471 g/mol. The van der Waals surface area contributed by atoms with Gasteiger partial charge in [-0.25, -0.2) is 13.9 Å². The van der Waals surface area contributed by atoms with Crippen LogP contribution < -0.4 is 24.8 Å². The number of nitrogens with one attached hydrogen (secondary N) is 2. The van der Waals surface area contributed by atoms with Crippen molar-refractivity contribution in [3.63, 3.8) is 0 Å². The summed E-state index contributed by atoms with van der Waals surface area (Å²) in [6, 6.07) is 8.28. The van der Waals surface area contributed by atoms with E-state index in [0.717, 1.165) is 0 Å². The molecule has 4 rings (SSSR count). The van der Waals surface area contributed by atoms with Crippen molar-refractivity contribution in [1.29, 1.82) is 0 Å². The monoisotopic (exact) mass is 471 g/mol. The Balaban J connectivity index is 1.78. The Bertz CT molecular complexity index is 1190. The van der Waals surface area contributed by atoms with E-state index in [0.29, 0.717) is 34.2 Å². The Kier molecular flexibility index (Phi) is 6.48. The highest BCUT2D eigenvalue weighted by molar-refractivity contribution is 6.06. The van der Waals surface area contributed by atoms with Crippen LogP contribution >= 0.6 is 0 Å². The summed E-state index contributed by atoms with van der Waals surface area (Å²) in [4.78, 5) is 24.6. The van der Waals surface area contributed by atoms with Gasteiger partial charge < -0.3 is 29.6 Å². The topological polar surface area (TPSA) is 126 Å². The molecule has 0 aliphatic carbocycles.